The zero-order valence-corrected chi connectivity index (χ0v) is 10.00. The average Bonchev–Trinajstić information content (AvgIpc) is 2.22. The van der Waals surface area contributed by atoms with Gasteiger partial charge in [0.15, 0.2) is 5.96 Å². The number of rotatable bonds is 4. The van der Waals surface area contributed by atoms with Crippen LogP contribution in [-0.2, 0) is 0 Å². The Morgan fingerprint density at radius 3 is 2.60 bits per heavy atom. The predicted octanol–water partition coefficient (Wildman–Crippen LogP) is 0.785. The third-order valence-electron chi connectivity index (χ3n) is 2.81. The molecule has 0 saturated carbocycles. The van der Waals surface area contributed by atoms with Crippen LogP contribution in [0.5, 0.6) is 0 Å². The van der Waals surface area contributed by atoms with Gasteiger partial charge in [-0.2, -0.15) is 0 Å². The third kappa shape index (κ3) is 4.51. The molecule has 1 heterocycles. The molecule has 3 N–H and O–H groups in total. The summed E-state index contributed by atoms with van der Waals surface area (Å²) in [7, 11) is 0. The van der Waals surface area contributed by atoms with E-state index in [1.165, 1.54) is 38.9 Å². The lowest BCUT2D eigenvalue weighted by molar-refractivity contribution is 0.206. The zero-order chi connectivity index (χ0) is 11.1. The van der Waals surface area contributed by atoms with Crippen LogP contribution in [-0.4, -0.2) is 43.1 Å². The molecule has 4 nitrogen and oxygen atoms in total. The molecule has 15 heavy (non-hydrogen) atoms. The standard InChI is InChI=1S/C11H24N4/c1-3-7-15-8-5-10(6-9-15)14-11(12)13-4-2/h10H,3-9H2,1-2H3,(H3,12,13,14). The number of guanidine groups is 1. The van der Waals surface area contributed by atoms with E-state index in [2.05, 4.69) is 22.1 Å². The van der Waals surface area contributed by atoms with Crippen LogP contribution in [0.25, 0.3) is 0 Å². The highest BCUT2D eigenvalue weighted by Gasteiger charge is 2.18. The minimum atomic E-state index is 0.522. The molecule has 0 radical (unpaired) electrons. The predicted molar refractivity (Wildman–Crippen MR) is 65.1 cm³/mol. The minimum absolute atomic E-state index is 0.522. The molecule has 0 atom stereocenters. The number of nitrogens with two attached hydrogens (primary N) is 1. The fourth-order valence-electron chi connectivity index (χ4n) is 2.04. The first-order chi connectivity index (χ1) is 7.26. The molecule has 1 fully saturated rings. The van der Waals surface area contributed by atoms with Gasteiger partial charge in [-0.25, -0.2) is 0 Å². The van der Waals surface area contributed by atoms with Gasteiger partial charge in [0.1, 0.15) is 0 Å². The third-order valence-corrected chi connectivity index (χ3v) is 2.81. The van der Waals surface area contributed by atoms with Gasteiger partial charge in [0.2, 0.25) is 0 Å². The summed E-state index contributed by atoms with van der Waals surface area (Å²) in [4.78, 5) is 6.66. The molecule has 88 valence electrons. The topological polar surface area (TPSA) is 53.6 Å². The molecule has 0 aromatic carbocycles. The Morgan fingerprint density at radius 2 is 2.07 bits per heavy atom. The van der Waals surface area contributed by atoms with Crippen molar-refractivity contribution in [1.29, 1.82) is 0 Å². The van der Waals surface area contributed by atoms with E-state index in [1.807, 2.05) is 6.92 Å². The Labute approximate surface area is 92.9 Å². The fraction of sp³-hybridized carbons (Fsp3) is 0.909. The van der Waals surface area contributed by atoms with Gasteiger partial charge in [0.05, 0.1) is 0 Å². The van der Waals surface area contributed by atoms with Gasteiger partial charge in [0.25, 0.3) is 0 Å². The second-order valence-electron chi connectivity index (χ2n) is 4.12. The summed E-state index contributed by atoms with van der Waals surface area (Å²) in [6.07, 6.45) is 3.61. The summed E-state index contributed by atoms with van der Waals surface area (Å²) in [5, 5.41) is 3.28. The van der Waals surface area contributed by atoms with Gasteiger partial charge >= 0.3 is 0 Å². The van der Waals surface area contributed by atoms with Crippen LogP contribution >= 0.6 is 0 Å². The second kappa shape index (κ2) is 6.67. The summed E-state index contributed by atoms with van der Waals surface area (Å²) in [5.74, 6) is 0.603. The van der Waals surface area contributed by atoms with Crippen LogP contribution in [0.2, 0.25) is 0 Å². The molecule has 1 rings (SSSR count). The van der Waals surface area contributed by atoms with Crippen molar-refractivity contribution in [3.8, 4) is 0 Å². The Kier molecular flexibility index (Phi) is 5.47. The van der Waals surface area contributed by atoms with E-state index in [0.29, 0.717) is 12.0 Å². The number of nitrogens with zero attached hydrogens (tertiary/aromatic N) is 2. The van der Waals surface area contributed by atoms with E-state index in [4.69, 9.17) is 5.73 Å². The van der Waals surface area contributed by atoms with Crippen molar-refractivity contribution in [2.75, 3.05) is 26.2 Å². The summed E-state index contributed by atoms with van der Waals surface area (Å²) in [5.41, 5.74) is 5.73. The normalized spacial score (nSPS) is 20.5. The monoisotopic (exact) mass is 212 g/mol. The van der Waals surface area contributed by atoms with E-state index in [-0.39, 0.29) is 0 Å². The number of likely N-dealkylation sites (tertiary alicyclic amines) is 1. The van der Waals surface area contributed by atoms with Gasteiger partial charge in [-0.15, -0.1) is 0 Å². The SMILES string of the molecule is CCCN1CCC(NC(N)=NCC)CC1. The van der Waals surface area contributed by atoms with E-state index in [1.54, 1.807) is 0 Å². The maximum Gasteiger partial charge on any atom is 0.188 e. The molecular formula is C11H24N4. The van der Waals surface area contributed by atoms with Crippen molar-refractivity contribution >= 4 is 5.96 Å². The van der Waals surface area contributed by atoms with Crippen molar-refractivity contribution in [2.45, 2.75) is 39.2 Å². The van der Waals surface area contributed by atoms with Gasteiger partial charge in [-0.3, -0.25) is 4.99 Å². The van der Waals surface area contributed by atoms with Crippen molar-refractivity contribution in [2.24, 2.45) is 10.7 Å². The van der Waals surface area contributed by atoms with Crippen molar-refractivity contribution < 1.29 is 0 Å². The van der Waals surface area contributed by atoms with Crippen LogP contribution in [0.3, 0.4) is 0 Å². The lowest BCUT2D eigenvalue weighted by Crippen LogP contribution is -2.47. The summed E-state index contributed by atoms with van der Waals surface area (Å²) < 4.78 is 0. The van der Waals surface area contributed by atoms with Crippen LogP contribution in [0.4, 0.5) is 0 Å². The van der Waals surface area contributed by atoms with Crippen LogP contribution in [0, 0.1) is 0 Å². The van der Waals surface area contributed by atoms with E-state index in [0.717, 1.165) is 6.54 Å². The first kappa shape index (κ1) is 12.3. The zero-order valence-electron chi connectivity index (χ0n) is 10.00. The average molecular weight is 212 g/mol. The lowest BCUT2D eigenvalue weighted by Gasteiger charge is -2.32. The number of aliphatic imine (C=N–C) groups is 1. The maximum absolute atomic E-state index is 5.73. The summed E-state index contributed by atoms with van der Waals surface area (Å²) in [6, 6.07) is 0.522. The molecule has 0 spiro atoms. The fourth-order valence-corrected chi connectivity index (χ4v) is 2.04. The highest BCUT2D eigenvalue weighted by molar-refractivity contribution is 5.78. The minimum Gasteiger partial charge on any atom is -0.370 e. The van der Waals surface area contributed by atoms with Crippen LogP contribution in [0.1, 0.15) is 33.1 Å². The second-order valence-corrected chi connectivity index (χ2v) is 4.12. The highest BCUT2D eigenvalue weighted by atomic mass is 15.2. The number of piperidine rings is 1. The van der Waals surface area contributed by atoms with Gasteiger partial charge in [0, 0.05) is 25.7 Å². The molecular weight excluding hydrogens is 188 g/mol. The molecule has 0 aromatic heterocycles. The molecule has 1 aliphatic rings. The lowest BCUT2D eigenvalue weighted by atomic mass is 10.1. The molecule has 1 aliphatic heterocycles. The van der Waals surface area contributed by atoms with E-state index < -0.39 is 0 Å². The molecule has 0 unspecified atom stereocenters. The van der Waals surface area contributed by atoms with Crippen molar-refractivity contribution in [3.63, 3.8) is 0 Å². The maximum atomic E-state index is 5.73. The van der Waals surface area contributed by atoms with E-state index >= 15 is 0 Å². The Bertz CT molecular complexity index is 195. The Balaban J connectivity index is 2.22. The summed E-state index contributed by atoms with van der Waals surface area (Å²) >= 11 is 0. The largest absolute Gasteiger partial charge is 0.370 e. The quantitative estimate of drug-likeness (QED) is 0.535. The van der Waals surface area contributed by atoms with Crippen molar-refractivity contribution in [3.05, 3.63) is 0 Å². The van der Waals surface area contributed by atoms with Gasteiger partial charge < -0.3 is 16.0 Å². The number of hydrogen-bond acceptors (Lipinski definition) is 2. The molecule has 0 bridgehead atoms. The highest BCUT2D eigenvalue weighted by Crippen LogP contribution is 2.10. The molecule has 0 amide bonds. The smallest absolute Gasteiger partial charge is 0.188 e. The molecule has 4 heteroatoms. The van der Waals surface area contributed by atoms with Crippen LogP contribution in [0.15, 0.2) is 4.99 Å². The number of nitrogens with one attached hydrogen (secondary N) is 1. The Hall–Kier alpha value is -0.770. The van der Waals surface area contributed by atoms with Crippen molar-refractivity contribution in [1.82, 2.24) is 10.2 Å². The van der Waals surface area contributed by atoms with Gasteiger partial charge in [-0.1, -0.05) is 6.92 Å². The van der Waals surface area contributed by atoms with Gasteiger partial charge in [-0.05, 0) is 32.7 Å². The van der Waals surface area contributed by atoms with Crippen LogP contribution < -0.4 is 11.1 Å². The first-order valence-corrected chi connectivity index (χ1v) is 6.05. The molecule has 0 aromatic rings. The first-order valence-electron chi connectivity index (χ1n) is 6.05. The van der Waals surface area contributed by atoms with E-state index in [9.17, 15) is 0 Å². The summed E-state index contributed by atoms with van der Waals surface area (Å²) in [6.45, 7) is 8.59. The molecule has 1 saturated heterocycles. The molecule has 0 aliphatic carbocycles. The number of hydrogen-bond donors (Lipinski definition) is 2. The Morgan fingerprint density at radius 1 is 1.40 bits per heavy atom.